The molecule has 0 saturated carbocycles. The van der Waals surface area contributed by atoms with E-state index in [0.717, 1.165) is 24.5 Å². The largest absolute Gasteiger partial charge is 0.384 e. The summed E-state index contributed by atoms with van der Waals surface area (Å²) in [7, 11) is 3.97. The zero-order valence-corrected chi connectivity index (χ0v) is 8.41. The lowest BCUT2D eigenvalue weighted by atomic mass is 10.3. The average molecular weight is 180 g/mol. The molecule has 4 heteroatoms. The van der Waals surface area contributed by atoms with E-state index >= 15 is 0 Å². The number of nitrogen functional groups attached to an aromatic ring is 1. The van der Waals surface area contributed by atoms with Crippen LogP contribution in [0.3, 0.4) is 0 Å². The quantitative estimate of drug-likeness (QED) is 0.743. The number of hydrogen-bond donors (Lipinski definition) is 1. The summed E-state index contributed by atoms with van der Waals surface area (Å²) >= 11 is 0. The van der Waals surface area contributed by atoms with E-state index in [9.17, 15) is 0 Å². The van der Waals surface area contributed by atoms with E-state index in [0.29, 0.717) is 5.82 Å². The standard InChI is InChI=1S/C9H16N4/c1-4-7-5-8(10)12-9(11-7)6-13(2)3/h5H,4,6H2,1-3H3,(H2,10,11,12). The zero-order valence-electron chi connectivity index (χ0n) is 8.41. The van der Waals surface area contributed by atoms with Crippen molar-refractivity contribution in [3.8, 4) is 0 Å². The van der Waals surface area contributed by atoms with Gasteiger partial charge >= 0.3 is 0 Å². The van der Waals surface area contributed by atoms with Gasteiger partial charge in [0.25, 0.3) is 0 Å². The third kappa shape index (κ3) is 2.99. The van der Waals surface area contributed by atoms with Crippen LogP contribution in [0, 0.1) is 0 Å². The molecule has 0 aromatic carbocycles. The molecule has 0 fully saturated rings. The van der Waals surface area contributed by atoms with Gasteiger partial charge in [0.05, 0.1) is 6.54 Å². The highest BCUT2D eigenvalue weighted by Gasteiger charge is 2.02. The first kappa shape index (κ1) is 9.92. The van der Waals surface area contributed by atoms with Crippen molar-refractivity contribution < 1.29 is 0 Å². The number of hydrogen-bond acceptors (Lipinski definition) is 4. The molecule has 0 unspecified atom stereocenters. The van der Waals surface area contributed by atoms with Crippen molar-refractivity contribution >= 4 is 5.82 Å². The second-order valence-corrected chi connectivity index (χ2v) is 3.29. The SMILES string of the molecule is CCc1cc(N)nc(CN(C)C)n1. The lowest BCUT2D eigenvalue weighted by molar-refractivity contribution is 0.390. The molecular weight excluding hydrogens is 164 g/mol. The minimum atomic E-state index is 0.559. The van der Waals surface area contributed by atoms with Crippen molar-refractivity contribution in [1.29, 1.82) is 0 Å². The van der Waals surface area contributed by atoms with Crippen molar-refractivity contribution in [2.45, 2.75) is 19.9 Å². The fraction of sp³-hybridized carbons (Fsp3) is 0.556. The maximum absolute atomic E-state index is 5.64. The van der Waals surface area contributed by atoms with Crippen molar-refractivity contribution in [3.05, 3.63) is 17.6 Å². The fourth-order valence-corrected chi connectivity index (χ4v) is 1.11. The molecule has 0 spiro atoms. The van der Waals surface area contributed by atoms with E-state index in [1.54, 1.807) is 0 Å². The van der Waals surface area contributed by atoms with Gasteiger partial charge < -0.3 is 10.6 Å². The summed E-state index contributed by atoms with van der Waals surface area (Å²) in [4.78, 5) is 10.5. The highest BCUT2D eigenvalue weighted by atomic mass is 15.1. The zero-order chi connectivity index (χ0) is 9.84. The smallest absolute Gasteiger partial charge is 0.144 e. The first-order valence-corrected chi connectivity index (χ1v) is 4.39. The molecule has 13 heavy (non-hydrogen) atoms. The number of anilines is 1. The first-order valence-electron chi connectivity index (χ1n) is 4.39. The fourth-order valence-electron chi connectivity index (χ4n) is 1.11. The molecule has 0 aliphatic carbocycles. The summed E-state index contributed by atoms with van der Waals surface area (Å²) < 4.78 is 0. The molecule has 4 nitrogen and oxygen atoms in total. The second-order valence-electron chi connectivity index (χ2n) is 3.29. The van der Waals surface area contributed by atoms with E-state index < -0.39 is 0 Å². The maximum atomic E-state index is 5.64. The third-order valence-electron chi connectivity index (χ3n) is 1.67. The topological polar surface area (TPSA) is 55.0 Å². The van der Waals surface area contributed by atoms with Crippen LogP contribution in [-0.2, 0) is 13.0 Å². The summed E-state index contributed by atoms with van der Waals surface area (Å²) in [6, 6.07) is 1.82. The predicted molar refractivity (Wildman–Crippen MR) is 53.2 cm³/mol. The predicted octanol–water partition coefficient (Wildman–Crippen LogP) is 0.683. The van der Waals surface area contributed by atoms with Crippen LogP contribution >= 0.6 is 0 Å². The number of aromatic nitrogens is 2. The Hall–Kier alpha value is -1.16. The van der Waals surface area contributed by atoms with Gasteiger partial charge in [-0.15, -0.1) is 0 Å². The molecule has 0 atom stereocenters. The van der Waals surface area contributed by atoms with Crippen LogP contribution in [0.25, 0.3) is 0 Å². The normalized spacial score (nSPS) is 10.8. The molecule has 1 rings (SSSR count). The number of rotatable bonds is 3. The molecule has 0 radical (unpaired) electrons. The summed E-state index contributed by atoms with van der Waals surface area (Å²) in [6.45, 7) is 2.79. The molecule has 1 aromatic heterocycles. The van der Waals surface area contributed by atoms with Gasteiger partial charge in [0.2, 0.25) is 0 Å². The number of nitrogens with two attached hydrogens (primary N) is 1. The van der Waals surface area contributed by atoms with Gasteiger partial charge in [-0.25, -0.2) is 9.97 Å². The molecule has 2 N–H and O–H groups in total. The lowest BCUT2D eigenvalue weighted by Crippen LogP contribution is -2.14. The monoisotopic (exact) mass is 180 g/mol. The van der Waals surface area contributed by atoms with Crippen LogP contribution in [0.15, 0.2) is 6.07 Å². The van der Waals surface area contributed by atoms with Gasteiger partial charge in [-0.2, -0.15) is 0 Å². The Morgan fingerprint density at radius 1 is 1.38 bits per heavy atom. The first-order chi connectivity index (χ1) is 6.11. The summed E-state index contributed by atoms with van der Waals surface area (Å²) in [6.07, 6.45) is 0.896. The van der Waals surface area contributed by atoms with E-state index in [-0.39, 0.29) is 0 Å². The van der Waals surface area contributed by atoms with Gasteiger partial charge in [-0.05, 0) is 20.5 Å². The maximum Gasteiger partial charge on any atom is 0.144 e. The highest BCUT2D eigenvalue weighted by molar-refractivity contribution is 5.29. The molecule has 0 aliphatic rings. The number of nitrogens with zero attached hydrogens (tertiary/aromatic N) is 3. The van der Waals surface area contributed by atoms with Crippen molar-refractivity contribution in [2.75, 3.05) is 19.8 Å². The Morgan fingerprint density at radius 2 is 2.08 bits per heavy atom. The Morgan fingerprint density at radius 3 is 2.62 bits per heavy atom. The highest BCUT2D eigenvalue weighted by Crippen LogP contribution is 2.04. The molecule has 0 aliphatic heterocycles. The van der Waals surface area contributed by atoms with Crippen LogP contribution in [0.2, 0.25) is 0 Å². The van der Waals surface area contributed by atoms with Gasteiger partial charge in [-0.1, -0.05) is 6.92 Å². The van der Waals surface area contributed by atoms with Crippen LogP contribution in [0.4, 0.5) is 5.82 Å². The van der Waals surface area contributed by atoms with Crippen LogP contribution in [0.5, 0.6) is 0 Å². The van der Waals surface area contributed by atoms with E-state index in [4.69, 9.17) is 5.73 Å². The van der Waals surface area contributed by atoms with Crippen LogP contribution in [0.1, 0.15) is 18.4 Å². The molecule has 1 heterocycles. The average Bonchev–Trinajstić information content (AvgIpc) is 2.01. The lowest BCUT2D eigenvalue weighted by Gasteiger charge is -2.09. The second kappa shape index (κ2) is 4.18. The Labute approximate surface area is 78.8 Å². The molecule has 1 aromatic rings. The Kier molecular flexibility index (Phi) is 3.19. The van der Waals surface area contributed by atoms with Crippen molar-refractivity contribution in [3.63, 3.8) is 0 Å². The van der Waals surface area contributed by atoms with Gasteiger partial charge in [-0.3, -0.25) is 0 Å². The summed E-state index contributed by atoms with van der Waals surface area (Å²) in [5, 5.41) is 0. The molecule has 0 amide bonds. The molecule has 0 saturated heterocycles. The van der Waals surface area contributed by atoms with E-state index in [2.05, 4.69) is 16.9 Å². The van der Waals surface area contributed by atoms with Crippen molar-refractivity contribution in [1.82, 2.24) is 14.9 Å². The summed E-state index contributed by atoms with van der Waals surface area (Å²) in [5.41, 5.74) is 6.65. The molecule has 0 bridgehead atoms. The van der Waals surface area contributed by atoms with E-state index in [1.165, 1.54) is 0 Å². The minimum Gasteiger partial charge on any atom is -0.384 e. The summed E-state index contributed by atoms with van der Waals surface area (Å²) in [5.74, 6) is 1.35. The minimum absolute atomic E-state index is 0.559. The Bertz CT molecular complexity index is 283. The van der Waals surface area contributed by atoms with Gasteiger partial charge in [0.1, 0.15) is 11.6 Å². The van der Waals surface area contributed by atoms with Crippen LogP contribution in [-0.4, -0.2) is 29.0 Å². The number of aryl methyl sites for hydroxylation is 1. The van der Waals surface area contributed by atoms with Crippen molar-refractivity contribution in [2.24, 2.45) is 0 Å². The molecular formula is C9H16N4. The van der Waals surface area contributed by atoms with E-state index in [1.807, 2.05) is 25.1 Å². The van der Waals surface area contributed by atoms with Crippen LogP contribution < -0.4 is 5.73 Å². The Balaban J connectivity index is 2.88. The third-order valence-corrected chi connectivity index (χ3v) is 1.67. The molecule has 72 valence electrons. The van der Waals surface area contributed by atoms with Gasteiger partial charge in [0, 0.05) is 11.8 Å². The van der Waals surface area contributed by atoms with Gasteiger partial charge in [0.15, 0.2) is 0 Å².